The summed E-state index contributed by atoms with van der Waals surface area (Å²) in [6, 6.07) is 11.1. The summed E-state index contributed by atoms with van der Waals surface area (Å²) in [4.78, 5) is 14.6. The van der Waals surface area contributed by atoms with E-state index in [1.807, 2.05) is 20.8 Å². The zero-order valence-corrected chi connectivity index (χ0v) is 18.2. The second kappa shape index (κ2) is 8.39. The Morgan fingerprint density at radius 1 is 1.23 bits per heavy atom. The van der Waals surface area contributed by atoms with Crippen molar-refractivity contribution in [3.63, 3.8) is 0 Å². The summed E-state index contributed by atoms with van der Waals surface area (Å²) in [5.74, 6) is 0.955. The Morgan fingerprint density at radius 3 is 2.57 bits per heavy atom. The van der Waals surface area contributed by atoms with E-state index in [2.05, 4.69) is 11.3 Å². The van der Waals surface area contributed by atoms with Gasteiger partial charge in [0.2, 0.25) is 5.91 Å². The van der Waals surface area contributed by atoms with Crippen molar-refractivity contribution < 1.29 is 22.7 Å². The minimum atomic E-state index is -3.80. The van der Waals surface area contributed by atoms with Crippen LogP contribution in [0.2, 0.25) is 0 Å². The number of hydrogen-bond acceptors (Lipinski definition) is 5. The molecule has 0 aromatic heterocycles. The molecule has 2 aromatic carbocycles. The maximum Gasteiger partial charge on any atom is 0.261 e. The molecule has 1 aliphatic rings. The zero-order valence-electron chi connectivity index (χ0n) is 17.3. The van der Waals surface area contributed by atoms with Gasteiger partial charge in [-0.1, -0.05) is 6.08 Å². The van der Waals surface area contributed by atoms with Gasteiger partial charge in [-0.15, -0.1) is 6.58 Å². The molecule has 160 valence electrons. The molecule has 1 aliphatic heterocycles. The number of nitrogens with zero attached hydrogens (tertiary/aromatic N) is 1. The lowest BCUT2D eigenvalue weighted by atomic mass is 9.93. The van der Waals surface area contributed by atoms with Gasteiger partial charge in [0.05, 0.1) is 28.3 Å². The maximum absolute atomic E-state index is 12.9. The van der Waals surface area contributed by atoms with E-state index in [1.54, 1.807) is 41.3 Å². The predicted molar refractivity (Wildman–Crippen MR) is 117 cm³/mol. The van der Waals surface area contributed by atoms with E-state index < -0.39 is 15.4 Å². The topological polar surface area (TPSA) is 84.9 Å². The van der Waals surface area contributed by atoms with Crippen LogP contribution in [0.4, 0.5) is 11.4 Å². The number of rotatable bonds is 7. The third kappa shape index (κ3) is 4.43. The van der Waals surface area contributed by atoms with Gasteiger partial charge >= 0.3 is 0 Å². The quantitative estimate of drug-likeness (QED) is 0.675. The van der Waals surface area contributed by atoms with Crippen molar-refractivity contribution in [3.05, 3.63) is 55.1 Å². The number of ether oxygens (including phenoxy) is 2. The summed E-state index contributed by atoms with van der Waals surface area (Å²) in [5, 5.41) is 0. The first kappa shape index (κ1) is 21.7. The molecule has 2 aromatic rings. The summed E-state index contributed by atoms with van der Waals surface area (Å²) in [6.07, 6.45) is 1.64. The lowest BCUT2D eigenvalue weighted by molar-refractivity contribution is -0.127. The van der Waals surface area contributed by atoms with Crippen LogP contribution in [0.3, 0.4) is 0 Å². The predicted octanol–water partition coefficient (Wildman–Crippen LogP) is 3.82. The molecule has 1 N–H and O–H groups in total. The van der Waals surface area contributed by atoms with Crippen LogP contribution in [0.1, 0.15) is 20.8 Å². The molecule has 0 atom stereocenters. The van der Waals surface area contributed by atoms with Gasteiger partial charge in [-0.25, -0.2) is 8.42 Å². The number of sulfonamides is 1. The van der Waals surface area contributed by atoms with Gasteiger partial charge in [-0.2, -0.15) is 0 Å². The largest absolute Gasteiger partial charge is 0.494 e. The van der Waals surface area contributed by atoms with E-state index in [0.717, 1.165) is 0 Å². The van der Waals surface area contributed by atoms with Crippen molar-refractivity contribution in [2.75, 3.05) is 29.4 Å². The van der Waals surface area contributed by atoms with E-state index in [4.69, 9.17) is 9.47 Å². The Bertz CT molecular complexity index is 1050. The van der Waals surface area contributed by atoms with E-state index >= 15 is 0 Å². The normalized spacial score (nSPS) is 15.6. The Kier molecular flexibility index (Phi) is 6.07. The Morgan fingerprint density at radius 2 is 1.93 bits per heavy atom. The molecule has 1 heterocycles. The first-order chi connectivity index (χ1) is 14.2. The summed E-state index contributed by atoms with van der Waals surface area (Å²) in [7, 11) is -3.80. The van der Waals surface area contributed by atoms with Crippen LogP contribution < -0.4 is 19.1 Å². The first-order valence-corrected chi connectivity index (χ1v) is 11.1. The summed E-state index contributed by atoms with van der Waals surface area (Å²) < 4.78 is 39.3. The average molecular weight is 431 g/mol. The number of fused-ring (bicyclic) bond motifs is 1. The fraction of sp³-hybridized carbons (Fsp3) is 0.318. The smallest absolute Gasteiger partial charge is 0.261 e. The van der Waals surface area contributed by atoms with Crippen molar-refractivity contribution in [1.29, 1.82) is 0 Å². The van der Waals surface area contributed by atoms with Gasteiger partial charge in [0.1, 0.15) is 18.1 Å². The number of carbonyl (C=O) groups is 1. The molecule has 3 rings (SSSR count). The summed E-state index contributed by atoms with van der Waals surface area (Å²) in [5.41, 5.74) is 0.201. The van der Waals surface area contributed by atoms with Crippen LogP contribution in [0, 0.1) is 5.41 Å². The van der Waals surface area contributed by atoms with Gasteiger partial charge in [0, 0.05) is 12.6 Å². The molecule has 0 saturated carbocycles. The van der Waals surface area contributed by atoms with Crippen molar-refractivity contribution in [2.24, 2.45) is 5.41 Å². The van der Waals surface area contributed by atoms with Crippen molar-refractivity contribution in [2.45, 2.75) is 25.7 Å². The SMILES string of the molecule is C=CCN1C(=O)C(C)(C)COc2cc(NS(=O)(=O)c3ccc(OCC)cc3)ccc21. The molecular formula is C22H26N2O5S. The van der Waals surface area contributed by atoms with E-state index in [0.29, 0.717) is 36.0 Å². The Hall–Kier alpha value is -3.00. The molecule has 8 heteroatoms. The number of benzene rings is 2. The minimum Gasteiger partial charge on any atom is -0.494 e. The number of amides is 1. The minimum absolute atomic E-state index is 0.0798. The molecule has 0 fully saturated rings. The fourth-order valence-corrected chi connectivity index (χ4v) is 4.17. The lowest BCUT2D eigenvalue weighted by Crippen LogP contribution is -2.42. The van der Waals surface area contributed by atoms with Crippen molar-refractivity contribution in [1.82, 2.24) is 0 Å². The van der Waals surface area contributed by atoms with Crippen LogP contribution in [0.15, 0.2) is 60.0 Å². The number of carbonyl (C=O) groups excluding carboxylic acids is 1. The molecule has 0 aliphatic carbocycles. The molecule has 0 bridgehead atoms. The second-order valence-electron chi connectivity index (χ2n) is 7.57. The Labute approximate surface area is 177 Å². The second-order valence-corrected chi connectivity index (χ2v) is 9.25. The van der Waals surface area contributed by atoms with Gasteiger partial charge < -0.3 is 14.4 Å². The number of hydrogen-bond donors (Lipinski definition) is 1. The van der Waals surface area contributed by atoms with Gasteiger partial charge in [0.25, 0.3) is 10.0 Å². The highest BCUT2D eigenvalue weighted by Crippen LogP contribution is 2.38. The van der Waals surface area contributed by atoms with Gasteiger partial charge in [-0.3, -0.25) is 9.52 Å². The molecule has 1 amide bonds. The number of anilines is 2. The van der Waals surface area contributed by atoms with E-state index in [9.17, 15) is 13.2 Å². The molecule has 0 radical (unpaired) electrons. The molecular weight excluding hydrogens is 404 g/mol. The standard InChI is InChI=1S/C22H26N2O5S/c1-5-13-24-19-12-7-16(14-20(19)29-15-22(3,4)21(24)25)23-30(26,27)18-10-8-17(9-11-18)28-6-2/h5,7-12,14,23H,1,6,13,15H2,2-4H3. The lowest BCUT2D eigenvalue weighted by Gasteiger charge is -2.27. The molecule has 0 saturated heterocycles. The molecule has 0 unspecified atom stereocenters. The zero-order chi connectivity index (χ0) is 21.9. The van der Waals surface area contributed by atoms with Crippen LogP contribution in [0.5, 0.6) is 11.5 Å². The third-order valence-corrected chi connectivity index (χ3v) is 6.07. The highest BCUT2D eigenvalue weighted by Gasteiger charge is 2.37. The monoisotopic (exact) mass is 430 g/mol. The number of nitrogens with one attached hydrogen (secondary N) is 1. The van der Waals surface area contributed by atoms with E-state index in [-0.39, 0.29) is 17.4 Å². The van der Waals surface area contributed by atoms with Crippen molar-refractivity contribution >= 4 is 27.3 Å². The molecule has 0 spiro atoms. The van der Waals surface area contributed by atoms with Crippen LogP contribution in [0.25, 0.3) is 0 Å². The van der Waals surface area contributed by atoms with Gasteiger partial charge in [-0.05, 0) is 57.2 Å². The summed E-state index contributed by atoms with van der Waals surface area (Å²) in [6.45, 7) is 10.2. The fourth-order valence-electron chi connectivity index (χ4n) is 3.12. The molecule has 30 heavy (non-hydrogen) atoms. The molecule has 7 nitrogen and oxygen atoms in total. The highest BCUT2D eigenvalue weighted by molar-refractivity contribution is 7.92. The maximum atomic E-state index is 12.9. The van der Waals surface area contributed by atoms with Gasteiger partial charge in [0.15, 0.2) is 0 Å². The first-order valence-electron chi connectivity index (χ1n) is 9.63. The van der Waals surface area contributed by atoms with Crippen LogP contribution in [-0.4, -0.2) is 34.1 Å². The Balaban J connectivity index is 1.89. The van der Waals surface area contributed by atoms with Crippen LogP contribution in [-0.2, 0) is 14.8 Å². The average Bonchev–Trinajstić information content (AvgIpc) is 2.79. The van der Waals surface area contributed by atoms with Crippen LogP contribution >= 0.6 is 0 Å². The van der Waals surface area contributed by atoms with E-state index in [1.165, 1.54) is 12.1 Å². The summed E-state index contributed by atoms with van der Waals surface area (Å²) >= 11 is 0. The third-order valence-electron chi connectivity index (χ3n) is 4.67. The highest BCUT2D eigenvalue weighted by atomic mass is 32.2. The van der Waals surface area contributed by atoms with Crippen molar-refractivity contribution in [3.8, 4) is 11.5 Å².